The van der Waals surface area contributed by atoms with Gasteiger partial charge in [-0.05, 0) is 25.8 Å². The molecule has 17 heavy (non-hydrogen) atoms. The van der Waals surface area contributed by atoms with Crippen LogP contribution in [0.3, 0.4) is 0 Å². The van der Waals surface area contributed by atoms with Crippen LogP contribution in [0.15, 0.2) is 0 Å². The fraction of sp³-hybridized carbons (Fsp3) is 0.818. The van der Waals surface area contributed by atoms with Crippen LogP contribution in [0.1, 0.15) is 45.4 Å². The van der Waals surface area contributed by atoms with Crippen LogP contribution < -0.4 is 11.5 Å². The SMILES string of the molecule is CCCCC(=O)O.NCCCC[C@H](N)C(=O)O. The van der Waals surface area contributed by atoms with E-state index in [4.69, 9.17) is 21.7 Å². The molecule has 0 aromatic heterocycles. The topological polar surface area (TPSA) is 127 Å². The molecule has 0 unspecified atom stereocenters. The van der Waals surface area contributed by atoms with Crippen molar-refractivity contribution in [1.29, 1.82) is 0 Å². The highest BCUT2D eigenvalue weighted by molar-refractivity contribution is 5.72. The Hall–Kier alpha value is -1.14. The first-order chi connectivity index (χ1) is 7.95. The van der Waals surface area contributed by atoms with Crippen molar-refractivity contribution in [2.45, 2.75) is 51.5 Å². The molecule has 0 saturated carbocycles. The van der Waals surface area contributed by atoms with Crippen molar-refractivity contribution in [3.63, 3.8) is 0 Å². The second-order valence-corrected chi connectivity index (χ2v) is 3.73. The van der Waals surface area contributed by atoms with Gasteiger partial charge in [0, 0.05) is 6.42 Å². The lowest BCUT2D eigenvalue weighted by Gasteiger charge is -2.03. The molecule has 0 fully saturated rings. The summed E-state index contributed by atoms with van der Waals surface area (Å²) in [5.41, 5.74) is 10.4. The lowest BCUT2D eigenvalue weighted by atomic mass is 10.1. The van der Waals surface area contributed by atoms with E-state index in [9.17, 15) is 9.59 Å². The number of carboxylic acid groups (broad SMARTS) is 2. The van der Waals surface area contributed by atoms with E-state index < -0.39 is 18.0 Å². The second-order valence-electron chi connectivity index (χ2n) is 3.73. The lowest BCUT2D eigenvalue weighted by molar-refractivity contribution is -0.139. The predicted octanol–water partition coefficient (Wildman–Crippen LogP) is 0.789. The number of carboxylic acids is 2. The highest BCUT2D eigenvalue weighted by atomic mass is 16.4. The molecule has 6 nitrogen and oxygen atoms in total. The van der Waals surface area contributed by atoms with E-state index in [2.05, 4.69) is 0 Å². The van der Waals surface area contributed by atoms with Gasteiger partial charge in [0.2, 0.25) is 0 Å². The van der Waals surface area contributed by atoms with Crippen LogP contribution in [-0.2, 0) is 9.59 Å². The molecule has 1 atom stereocenters. The molecule has 0 aliphatic heterocycles. The minimum absolute atomic E-state index is 0.316. The number of hydrogen-bond acceptors (Lipinski definition) is 4. The fourth-order valence-electron chi connectivity index (χ4n) is 0.960. The molecular weight excluding hydrogens is 224 g/mol. The second kappa shape index (κ2) is 12.9. The van der Waals surface area contributed by atoms with E-state index in [1.54, 1.807) is 0 Å². The quantitative estimate of drug-likeness (QED) is 0.470. The summed E-state index contributed by atoms with van der Waals surface area (Å²) in [6, 6.07) is -0.716. The number of aliphatic carboxylic acids is 2. The van der Waals surface area contributed by atoms with Crippen LogP contribution in [0.4, 0.5) is 0 Å². The van der Waals surface area contributed by atoms with Gasteiger partial charge < -0.3 is 21.7 Å². The van der Waals surface area contributed by atoms with Gasteiger partial charge in [-0.3, -0.25) is 9.59 Å². The Morgan fingerprint density at radius 1 is 1.18 bits per heavy atom. The van der Waals surface area contributed by atoms with Gasteiger partial charge in [-0.15, -0.1) is 0 Å². The monoisotopic (exact) mass is 248 g/mol. The molecule has 0 amide bonds. The molecular formula is C11H24N2O4. The maximum absolute atomic E-state index is 10.1. The Morgan fingerprint density at radius 2 is 1.76 bits per heavy atom. The molecule has 0 rings (SSSR count). The number of unbranched alkanes of at least 4 members (excludes halogenated alkanes) is 2. The molecule has 0 aromatic carbocycles. The fourth-order valence-corrected chi connectivity index (χ4v) is 0.960. The summed E-state index contributed by atoms with van der Waals surface area (Å²) < 4.78 is 0. The summed E-state index contributed by atoms with van der Waals surface area (Å²) in [6.45, 7) is 2.58. The van der Waals surface area contributed by atoms with Gasteiger partial charge in [0.15, 0.2) is 0 Å². The third-order valence-electron chi connectivity index (χ3n) is 2.03. The number of nitrogens with two attached hydrogens (primary N) is 2. The predicted molar refractivity (Wildman–Crippen MR) is 65.7 cm³/mol. The number of rotatable bonds is 8. The first-order valence-electron chi connectivity index (χ1n) is 5.85. The normalized spacial score (nSPS) is 11.2. The molecule has 0 bridgehead atoms. The summed E-state index contributed by atoms with van der Waals surface area (Å²) in [6.07, 6.45) is 4.25. The molecule has 6 N–H and O–H groups in total. The third kappa shape index (κ3) is 17.5. The Morgan fingerprint density at radius 3 is 2.06 bits per heavy atom. The van der Waals surface area contributed by atoms with Crippen molar-refractivity contribution >= 4 is 11.9 Å². The van der Waals surface area contributed by atoms with E-state index in [0.29, 0.717) is 19.4 Å². The largest absolute Gasteiger partial charge is 0.481 e. The van der Waals surface area contributed by atoms with Crippen LogP contribution in [0, 0.1) is 0 Å². The average Bonchev–Trinajstić information content (AvgIpc) is 2.27. The zero-order chi connectivity index (χ0) is 13.7. The molecule has 0 aromatic rings. The molecule has 0 saturated heterocycles. The Balaban J connectivity index is 0. The first-order valence-corrected chi connectivity index (χ1v) is 5.85. The van der Waals surface area contributed by atoms with Crippen molar-refractivity contribution in [1.82, 2.24) is 0 Å². The van der Waals surface area contributed by atoms with Crippen molar-refractivity contribution in [3.8, 4) is 0 Å². The molecule has 0 radical (unpaired) electrons. The minimum atomic E-state index is -0.933. The Labute approximate surface area is 102 Å². The van der Waals surface area contributed by atoms with Gasteiger partial charge in [-0.25, -0.2) is 0 Å². The van der Waals surface area contributed by atoms with E-state index in [1.807, 2.05) is 6.92 Å². The van der Waals surface area contributed by atoms with Gasteiger partial charge in [0.1, 0.15) is 6.04 Å². The summed E-state index contributed by atoms with van der Waals surface area (Å²) in [5.74, 6) is -1.63. The Bertz CT molecular complexity index is 210. The van der Waals surface area contributed by atoms with Crippen molar-refractivity contribution in [2.75, 3.05) is 6.54 Å². The Kier molecular flexibility index (Phi) is 13.9. The maximum Gasteiger partial charge on any atom is 0.320 e. The van der Waals surface area contributed by atoms with Gasteiger partial charge in [-0.1, -0.05) is 19.8 Å². The lowest BCUT2D eigenvalue weighted by Crippen LogP contribution is -2.29. The van der Waals surface area contributed by atoms with Crippen LogP contribution in [0.5, 0.6) is 0 Å². The van der Waals surface area contributed by atoms with E-state index in [0.717, 1.165) is 25.7 Å². The van der Waals surface area contributed by atoms with E-state index in [-0.39, 0.29) is 0 Å². The zero-order valence-corrected chi connectivity index (χ0v) is 10.4. The highest BCUT2D eigenvalue weighted by Crippen LogP contribution is 1.97. The van der Waals surface area contributed by atoms with E-state index in [1.165, 1.54) is 0 Å². The molecule has 0 heterocycles. The summed E-state index contributed by atoms with van der Waals surface area (Å²) in [4.78, 5) is 19.9. The van der Waals surface area contributed by atoms with Gasteiger partial charge in [0.25, 0.3) is 0 Å². The third-order valence-corrected chi connectivity index (χ3v) is 2.03. The standard InChI is InChI=1S/C6H14N2O2.C5H10O2/c7-4-2-1-3-5(8)6(9)10;1-2-3-4-5(6)7/h5H,1-4,7-8H2,(H,9,10);2-4H2,1H3,(H,6,7)/t5-;/m0./s1. The molecule has 6 heteroatoms. The van der Waals surface area contributed by atoms with Gasteiger partial charge in [-0.2, -0.15) is 0 Å². The highest BCUT2D eigenvalue weighted by Gasteiger charge is 2.09. The van der Waals surface area contributed by atoms with Crippen LogP contribution >= 0.6 is 0 Å². The molecule has 0 aliphatic rings. The van der Waals surface area contributed by atoms with Crippen LogP contribution in [0.2, 0.25) is 0 Å². The number of hydrogen-bond donors (Lipinski definition) is 4. The van der Waals surface area contributed by atoms with Crippen LogP contribution in [0.25, 0.3) is 0 Å². The summed E-state index contributed by atoms with van der Waals surface area (Å²) in [5, 5.41) is 16.4. The van der Waals surface area contributed by atoms with E-state index >= 15 is 0 Å². The molecule has 102 valence electrons. The van der Waals surface area contributed by atoms with Gasteiger partial charge in [0.05, 0.1) is 0 Å². The minimum Gasteiger partial charge on any atom is -0.481 e. The average molecular weight is 248 g/mol. The first kappa shape index (κ1) is 18.2. The summed E-state index contributed by atoms with van der Waals surface area (Å²) in [7, 11) is 0. The van der Waals surface area contributed by atoms with Crippen LogP contribution in [-0.4, -0.2) is 34.7 Å². The zero-order valence-electron chi connectivity index (χ0n) is 10.4. The number of carbonyl (C=O) groups is 2. The summed E-state index contributed by atoms with van der Waals surface area (Å²) >= 11 is 0. The van der Waals surface area contributed by atoms with Crippen molar-refractivity contribution in [3.05, 3.63) is 0 Å². The van der Waals surface area contributed by atoms with Gasteiger partial charge >= 0.3 is 11.9 Å². The molecule has 0 aliphatic carbocycles. The van der Waals surface area contributed by atoms with Crippen molar-refractivity contribution < 1.29 is 19.8 Å². The molecule has 0 spiro atoms. The van der Waals surface area contributed by atoms with Crippen molar-refractivity contribution in [2.24, 2.45) is 11.5 Å². The maximum atomic E-state index is 10.1. The smallest absolute Gasteiger partial charge is 0.320 e.